The Kier molecular flexibility index (Phi) is 7.58. The van der Waals surface area contributed by atoms with Crippen molar-refractivity contribution in [3.05, 3.63) is 23.3 Å². The average molecular weight is 419 g/mol. The Hall–Kier alpha value is -0.640. The summed E-state index contributed by atoms with van der Waals surface area (Å²) in [5.74, 6) is 2.15. The van der Waals surface area contributed by atoms with E-state index in [1.807, 2.05) is 20.8 Å². The molecule has 0 aromatic rings. The van der Waals surface area contributed by atoms with Gasteiger partial charge in [-0.3, -0.25) is 0 Å². The van der Waals surface area contributed by atoms with Crippen molar-refractivity contribution in [3.63, 3.8) is 0 Å². The minimum Gasteiger partial charge on any atom is -0.392 e. The third kappa shape index (κ3) is 5.40. The Labute approximate surface area is 184 Å². The molecule has 0 amide bonds. The zero-order chi connectivity index (χ0) is 22.1. The molecule has 3 nitrogen and oxygen atoms in total. The topological polar surface area (TPSA) is 60.7 Å². The summed E-state index contributed by atoms with van der Waals surface area (Å²) < 4.78 is 0. The molecule has 6 atom stereocenters. The van der Waals surface area contributed by atoms with Crippen molar-refractivity contribution >= 4 is 0 Å². The van der Waals surface area contributed by atoms with Crippen LogP contribution in [0.2, 0.25) is 0 Å². The Morgan fingerprint density at radius 1 is 1.13 bits per heavy atom. The Morgan fingerprint density at radius 2 is 1.80 bits per heavy atom. The van der Waals surface area contributed by atoms with E-state index >= 15 is 0 Å². The molecular formula is C27H46O3. The van der Waals surface area contributed by atoms with Crippen molar-refractivity contribution in [3.8, 4) is 0 Å². The fourth-order valence-corrected chi connectivity index (χ4v) is 6.88. The van der Waals surface area contributed by atoms with E-state index in [1.54, 1.807) is 5.57 Å². The lowest BCUT2D eigenvalue weighted by Gasteiger charge is -2.44. The molecule has 3 aliphatic rings. The van der Waals surface area contributed by atoms with Gasteiger partial charge in [-0.2, -0.15) is 0 Å². The zero-order valence-electron chi connectivity index (χ0n) is 20.0. The van der Waals surface area contributed by atoms with Crippen LogP contribution in [0.3, 0.4) is 0 Å². The Balaban J connectivity index is 1.67. The molecule has 0 aromatic carbocycles. The predicted molar refractivity (Wildman–Crippen MR) is 124 cm³/mol. The molecule has 2 unspecified atom stereocenters. The van der Waals surface area contributed by atoms with E-state index in [0.717, 1.165) is 18.8 Å². The first-order valence-electron chi connectivity index (χ1n) is 12.5. The summed E-state index contributed by atoms with van der Waals surface area (Å²) in [6, 6.07) is 0. The van der Waals surface area contributed by atoms with Crippen LogP contribution in [0.25, 0.3) is 0 Å². The van der Waals surface area contributed by atoms with Crippen LogP contribution in [-0.4, -0.2) is 33.1 Å². The molecule has 0 heterocycles. The van der Waals surface area contributed by atoms with Crippen LogP contribution in [0, 0.1) is 29.1 Å². The highest BCUT2D eigenvalue weighted by molar-refractivity contribution is 5.26. The third-order valence-electron chi connectivity index (χ3n) is 8.86. The molecule has 0 aromatic heterocycles. The maximum atomic E-state index is 10.2. The molecule has 3 saturated carbocycles. The van der Waals surface area contributed by atoms with Gasteiger partial charge in [0.25, 0.3) is 0 Å². The van der Waals surface area contributed by atoms with Crippen molar-refractivity contribution in [2.24, 2.45) is 29.1 Å². The number of fused-ring (bicyclic) bond motifs is 1. The number of hydrogen-bond acceptors (Lipinski definition) is 3. The maximum Gasteiger partial charge on any atom is 0.0627 e. The van der Waals surface area contributed by atoms with Gasteiger partial charge in [0, 0.05) is 5.92 Å². The van der Waals surface area contributed by atoms with E-state index < -0.39 is 17.8 Å². The molecule has 3 aliphatic carbocycles. The van der Waals surface area contributed by atoms with E-state index in [1.165, 1.54) is 44.1 Å². The Morgan fingerprint density at radius 3 is 2.43 bits per heavy atom. The summed E-state index contributed by atoms with van der Waals surface area (Å²) in [6.07, 6.45) is 14.8. The first-order chi connectivity index (χ1) is 14.0. The smallest absolute Gasteiger partial charge is 0.0627 e. The van der Waals surface area contributed by atoms with Gasteiger partial charge in [0.05, 0.1) is 17.8 Å². The minimum atomic E-state index is -0.547. The maximum absolute atomic E-state index is 10.2. The molecule has 0 bridgehead atoms. The number of allylic oxidation sites excluding steroid dienone is 3. The molecule has 30 heavy (non-hydrogen) atoms. The summed E-state index contributed by atoms with van der Waals surface area (Å²) in [7, 11) is 0. The highest BCUT2D eigenvalue weighted by Crippen LogP contribution is 2.60. The summed E-state index contributed by atoms with van der Waals surface area (Å²) in [5.41, 5.74) is 2.65. The quantitative estimate of drug-likeness (QED) is 0.512. The first-order valence-corrected chi connectivity index (χ1v) is 12.5. The van der Waals surface area contributed by atoms with Gasteiger partial charge < -0.3 is 15.3 Å². The van der Waals surface area contributed by atoms with Gasteiger partial charge in [0.15, 0.2) is 0 Å². The molecule has 0 aliphatic heterocycles. The largest absolute Gasteiger partial charge is 0.392 e. The van der Waals surface area contributed by atoms with Crippen LogP contribution < -0.4 is 0 Å². The average Bonchev–Trinajstić information content (AvgIpc) is 3.00. The van der Waals surface area contributed by atoms with E-state index in [0.29, 0.717) is 30.1 Å². The summed E-state index contributed by atoms with van der Waals surface area (Å²) in [4.78, 5) is 0. The van der Waals surface area contributed by atoms with Crippen molar-refractivity contribution in [1.29, 1.82) is 0 Å². The molecule has 0 radical (unpaired) electrons. The van der Waals surface area contributed by atoms with Gasteiger partial charge in [0.2, 0.25) is 0 Å². The fraction of sp³-hybridized carbons (Fsp3) is 0.852. The molecule has 172 valence electrons. The second kappa shape index (κ2) is 9.46. The van der Waals surface area contributed by atoms with Gasteiger partial charge in [-0.1, -0.05) is 56.9 Å². The number of rotatable bonds is 6. The normalized spacial score (nSPS) is 39.8. The lowest BCUT2D eigenvalue weighted by atomic mass is 9.60. The van der Waals surface area contributed by atoms with E-state index in [2.05, 4.69) is 26.0 Å². The minimum absolute atomic E-state index is 0.0266. The van der Waals surface area contributed by atoms with Crippen LogP contribution in [0.5, 0.6) is 0 Å². The van der Waals surface area contributed by atoms with Crippen LogP contribution in [0.15, 0.2) is 23.3 Å². The van der Waals surface area contributed by atoms with Crippen LogP contribution >= 0.6 is 0 Å². The predicted octanol–water partition coefficient (Wildman–Crippen LogP) is 5.78. The van der Waals surface area contributed by atoms with E-state index in [9.17, 15) is 15.3 Å². The Bertz CT molecular complexity index is 629. The molecule has 3 fully saturated rings. The molecule has 0 spiro atoms. The summed E-state index contributed by atoms with van der Waals surface area (Å²) in [6.45, 7) is 10.8. The van der Waals surface area contributed by atoms with E-state index in [4.69, 9.17) is 0 Å². The highest BCUT2D eigenvalue weighted by Gasteiger charge is 2.50. The number of aliphatic hydroxyl groups excluding tert-OH is 2. The number of aliphatic hydroxyl groups is 3. The molecule has 3 rings (SSSR count). The van der Waals surface area contributed by atoms with Crippen LogP contribution in [0.4, 0.5) is 0 Å². The molecule has 3 N–H and O–H groups in total. The highest BCUT2D eigenvalue weighted by atomic mass is 16.3. The lowest BCUT2D eigenvalue weighted by Crippen LogP contribution is -2.36. The van der Waals surface area contributed by atoms with Crippen LogP contribution in [0.1, 0.15) is 98.8 Å². The summed E-state index contributed by atoms with van der Waals surface area (Å²) in [5, 5.41) is 30.5. The standard InChI is InChI=1S/C27H46O3/c1-18(8-6-14-26(3,4)30)22-12-13-23-21(9-7-15-27(22,23)5)11-10-20-16-24(28)19(2)25(29)17-20/h10-11,18-19,22-25,28-30H,6-9,12-17H2,1-5H3/b20-10?,21-11+/t18-,19?,22?,23?,24+,25+,27+/m0/s1. The van der Waals surface area contributed by atoms with Crippen molar-refractivity contribution in [2.45, 2.75) is 117 Å². The van der Waals surface area contributed by atoms with Crippen molar-refractivity contribution in [2.75, 3.05) is 0 Å². The van der Waals surface area contributed by atoms with Gasteiger partial charge in [0.1, 0.15) is 0 Å². The molecule has 0 saturated heterocycles. The lowest BCUT2D eigenvalue weighted by molar-refractivity contribution is 0.00406. The monoisotopic (exact) mass is 418 g/mol. The van der Waals surface area contributed by atoms with Crippen LogP contribution in [-0.2, 0) is 0 Å². The first kappa shape index (κ1) is 24.0. The third-order valence-corrected chi connectivity index (χ3v) is 8.86. The second-order valence-corrected chi connectivity index (χ2v) is 11.7. The van der Waals surface area contributed by atoms with Crippen molar-refractivity contribution < 1.29 is 15.3 Å². The van der Waals surface area contributed by atoms with Crippen molar-refractivity contribution in [1.82, 2.24) is 0 Å². The zero-order valence-corrected chi connectivity index (χ0v) is 20.0. The second-order valence-electron chi connectivity index (χ2n) is 11.7. The van der Waals surface area contributed by atoms with Gasteiger partial charge >= 0.3 is 0 Å². The van der Waals surface area contributed by atoms with Gasteiger partial charge in [-0.25, -0.2) is 0 Å². The SMILES string of the molecule is CC1[C@H](O)CC(=C/C=C2\CCC[C@@]3(C)C2CCC3[C@@H](C)CCCC(C)(C)O)C[C@H]1O. The fourth-order valence-electron chi connectivity index (χ4n) is 6.88. The van der Waals surface area contributed by atoms with E-state index in [-0.39, 0.29) is 5.92 Å². The summed E-state index contributed by atoms with van der Waals surface area (Å²) >= 11 is 0. The number of hydrogen-bond donors (Lipinski definition) is 3. The van der Waals surface area contributed by atoms with Gasteiger partial charge in [-0.05, 0) is 88.4 Å². The molecule has 3 heteroatoms. The molecular weight excluding hydrogens is 372 g/mol. The van der Waals surface area contributed by atoms with Gasteiger partial charge in [-0.15, -0.1) is 0 Å².